The van der Waals surface area contributed by atoms with E-state index in [9.17, 15) is 17.6 Å². The number of halogens is 4. The van der Waals surface area contributed by atoms with Crippen LogP contribution < -0.4 is 0 Å². The minimum Gasteiger partial charge on any atom is -0.258 e. The van der Waals surface area contributed by atoms with Gasteiger partial charge in [-0.3, -0.25) is 4.98 Å². The summed E-state index contributed by atoms with van der Waals surface area (Å²) in [6.07, 6.45) is -2.49. The Hall–Kier alpha value is -1.13. The van der Waals surface area contributed by atoms with Crippen LogP contribution in [0.1, 0.15) is 24.1 Å². The van der Waals surface area contributed by atoms with Crippen molar-refractivity contribution in [2.24, 2.45) is 0 Å². The highest BCUT2D eigenvalue weighted by Crippen LogP contribution is 2.40. The second kappa shape index (κ2) is 2.93. The molecule has 0 atom stereocenters. The molecule has 14 heavy (non-hydrogen) atoms. The smallest absolute Gasteiger partial charge is 0.258 e. The number of rotatable bonds is 1. The summed E-state index contributed by atoms with van der Waals surface area (Å²) < 4.78 is 49.5. The van der Waals surface area contributed by atoms with Crippen molar-refractivity contribution in [3.05, 3.63) is 35.3 Å². The lowest BCUT2D eigenvalue weighted by Crippen LogP contribution is -2.09. The summed E-state index contributed by atoms with van der Waals surface area (Å²) in [6, 6.07) is 0.775. The standard InChI is InChI=1S/C9H6F4N/c10-7-4-14-8(5-1-2-5)3-6(7)9(11,12)13/h3-4H,1-2H2. The van der Waals surface area contributed by atoms with E-state index in [0.717, 1.165) is 24.8 Å². The van der Waals surface area contributed by atoms with Gasteiger partial charge in [-0.25, -0.2) is 4.39 Å². The van der Waals surface area contributed by atoms with Gasteiger partial charge in [0.25, 0.3) is 0 Å². The molecule has 0 saturated heterocycles. The minimum absolute atomic E-state index is 0.263. The van der Waals surface area contributed by atoms with Gasteiger partial charge in [-0.2, -0.15) is 13.2 Å². The van der Waals surface area contributed by atoms with Crippen molar-refractivity contribution in [2.75, 3.05) is 0 Å². The van der Waals surface area contributed by atoms with Gasteiger partial charge in [0.2, 0.25) is 0 Å². The molecular weight excluding hydrogens is 198 g/mol. The third-order valence-electron chi connectivity index (χ3n) is 2.02. The first-order valence-electron chi connectivity index (χ1n) is 4.06. The molecule has 0 unspecified atom stereocenters. The molecule has 2 rings (SSSR count). The molecule has 1 fully saturated rings. The van der Waals surface area contributed by atoms with Crippen LogP contribution in [0.15, 0.2) is 12.3 Å². The maximum Gasteiger partial charge on any atom is 0.419 e. The summed E-state index contributed by atoms with van der Waals surface area (Å²) in [4.78, 5) is 3.60. The van der Waals surface area contributed by atoms with Gasteiger partial charge < -0.3 is 0 Å². The van der Waals surface area contributed by atoms with Crippen molar-refractivity contribution in [3.63, 3.8) is 0 Å². The number of hydrogen-bond donors (Lipinski definition) is 0. The molecule has 1 saturated carbocycles. The SMILES string of the molecule is Fc1cnc([C]2CC2)cc1C(F)(F)F. The lowest BCUT2D eigenvalue weighted by atomic mass is 10.1. The van der Waals surface area contributed by atoms with E-state index in [1.54, 1.807) is 0 Å². The third kappa shape index (κ3) is 1.71. The van der Waals surface area contributed by atoms with Crippen LogP contribution in [0.5, 0.6) is 0 Å². The second-order valence-corrected chi connectivity index (χ2v) is 3.15. The maximum atomic E-state index is 12.8. The Morgan fingerprint density at radius 1 is 1.21 bits per heavy atom. The number of nitrogens with zero attached hydrogens (tertiary/aromatic N) is 1. The van der Waals surface area contributed by atoms with Crippen molar-refractivity contribution in [3.8, 4) is 0 Å². The van der Waals surface area contributed by atoms with Crippen LogP contribution in [0.25, 0.3) is 0 Å². The summed E-state index contributed by atoms with van der Waals surface area (Å²) in [5.74, 6) is -0.460. The van der Waals surface area contributed by atoms with E-state index >= 15 is 0 Å². The zero-order valence-electron chi connectivity index (χ0n) is 7.03. The summed E-state index contributed by atoms with van der Waals surface area (Å²) in [5, 5.41) is 0. The molecule has 5 heteroatoms. The average Bonchev–Trinajstić information content (AvgIpc) is 2.85. The summed E-state index contributed by atoms with van der Waals surface area (Å²) in [7, 11) is 0. The van der Waals surface area contributed by atoms with E-state index in [1.807, 2.05) is 0 Å². The average molecular weight is 204 g/mol. The molecule has 0 aliphatic heterocycles. The first kappa shape index (κ1) is 9.43. The van der Waals surface area contributed by atoms with E-state index in [2.05, 4.69) is 4.98 Å². The first-order valence-corrected chi connectivity index (χ1v) is 4.06. The first-order chi connectivity index (χ1) is 6.48. The van der Waals surface area contributed by atoms with Crippen LogP contribution in [0.4, 0.5) is 17.6 Å². The predicted octanol–water partition coefficient (Wildman–Crippen LogP) is 2.96. The van der Waals surface area contributed by atoms with Crippen LogP contribution in [0.3, 0.4) is 0 Å². The van der Waals surface area contributed by atoms with E-state index in [0.29, 0.717) is 6.20 Å². The molecule has 1 radical (unpaired) electrons. The van der Waals surface area contributed by atoms with Gasteiger partial charge in [0.05, 0.1) is 11.8 Å². The normalized spacial score (nSPS) is 17.1. The van der Waals surface area contributed by atoms with Crippen LogP contribution in [-0.4, -0.2) is 4.98 Å². The molecule has 1 aromatic heterocycles. The van der Waals surface area contributed by atoms with Gasteiger partial charge in [0.1, 0.15) is 0 Å². The molecule has 0 aromatic carbocycles. The number of alkyl halides is 3. The predicted molar refractivity (Wildman–Crippen MR) is 40.8 cm³/mol. The molecule has 1 aliphatic carbocycles. The molecule has 0 spiro atoms. The zero-order chi connectivity index (χ0) is 10.3. The summed E-state index contributed by atoms with van der Waals surface area (Å²) in [5.41, 5.74) is -0.972. The second-order valence-electron chi connectivity index (χ2n) is 3.15. The van der Waals surface area contributed by atoms with Crippen molar-refractivity contribution >= 4 is 0 Å². The highest BCUT2D eigenvalue weighted by Gasteiger charge is 2.36. The lowest BCUT2D eigenvalue weighted by molar-refractivity contribution is -0.140. The van der Waals surface area contributed by atoms with Gasteiger partial charge in [-0.05, 0) is 18.9 Å². The van der Waals surface area contributed by atoms with E-state index in [4.69, 9.17) is 0 Å². The monoisotopic (exact) mass is 204 g/mol. The lowest BCUT2D eigenvalue weighted by Gasteiger charge is -2.08. The van der Waals surface area contributed by atoms with Gasteiger partial charge in [0, 0.05) is 11.6 Å². The zero-order valence-corrected chi connectivity index (χ0v) is 7.03. The minimum atomic E-state index is -4.64. The summed E-state index contributed by atoms with van der Waals surface area (Å²) in [6.45, 7) is 0. The van der Waals surface area contributed by atoms with Gasteiger partial charge in [-0.15, -0.1) is 0 Å². The Labute approximate surface area is 77.8 Å². The molecule has 1 heterocycles. The van der Waals surface area contributed by atoms with Crippen molar-refractivity contribution in [2.45, 2.75) is 19.0 Å². The molecule has 1 aromatic rings. The molecule has 1 aliphatic rings. The van der Waals surface area contributed by atoms with Crippen LogP contribution in [0, 0.1) is 11.7 Å². The van der Waals surface area contributed by atoms with Crippen molar-refractivity contribution in [1.29, 1.82) is 0 Å². The van der Waals surface area contributed by atoms with E-state index in [1.165, 1.54) is 0 Å². The Bertz CT molecular complexity index is 354. The van der Waals surface area contributed by atoms with E-state index in [-0.39, 0.29) is 5.69 Å². The fourth-order valence-corrected chi connectivity index (χ4v) is 1.17. The van der Waals surface area contributed by atoms with Crippen LogP contribution in [0.2, 0.25) is 0 Å². The highest BCUT2D eigenvalue weighted by atomic mass is 19.4. The van der Waals surface area contributed by atoms with Crippen molar-refractivity contribution in [1.82, 2.24) is 4.98 Å². The van der Waals surface area contributed by atoms with Gasteiger partial charge in [0.15, 0.2) is 5.82 Å². The number of hydrogen-bond acceptors (Lipinski definition) is 1. The molecule has 1 nitrogen and oxygen atoms in total. The Morgan fingerprint density at radius 3 is 2.36 bits per heavy atom. The topological polar surface area (TPSA) is 12.9 Å². The van der Waals surface area contributed by atoms with E-state index < -0.39 is 17.6 Å². The Morgan fingerprint density at radius 2 is 1.86 bits per heavy atom. The molecular formula is C9H6F4N. The van der Waals surface area contributed by atoms with Crippen LogP contribution >= 0.6 is 0 Å². The Kier molecular flexibility index (Phi) is 1.97. The fourth-order valence-electron chi connectivity index (χ4n) is 1.17. The highest BCUT2D eigenvalue weighted by molar-refractivity contribution is 5.35. The molecule has 75 valence electrons. The maximum absolute atomic E-state index is 12.8. The van der Waals surface area contributed by atoms with Gasteiger partial charge >= 0.3 is 6.18 Å². The van der Waals surface area contributed by atoms with Crippen LogP contribution in [-0.2, 0) is 6.18 Å². The Balaban J connectivity index is 2.41. The largest absolute Gasteiger partial charge is 0.419 e. The third-order valence-corrected chi connectivity index (χ3v) is 2.02. The number of pyridine rings is 1. The molecule has 0 N–H and O–H groups in total. The quantitative estimate of drug-likeness (QED) is 0.641. The fraction of sp³-hybridized carbons (Fsp3) is 0.333. The number of aromatic nitrogens is 1. The molecule has 0 amide bonds. The van der Waals surface area contributed by atoms with Gasteiger partial charge in [-0.1, -0.05) is 0 Å². The van der Waals surface area contributed by atoms with Crippen molar-refractivity contribution < 1.29 is 17.6 Å². The summed E-state index contributed by atoms with van der Waals surface area (Å²) >= 11 is 0. The molecule has 0 bridgehead atoms.